The second-order valence-corrected chi connectivity index (χ2v) is 4.73. The summed E-state index contributed by atoms with van der Waals surface area (Å²) in [6.07, 6.45) is 0. The monoisotopic (exact) mass is 362 g/mol. The van der Waals surface area contributed by atoms with Gasteiger partial charge in [-0.1, -0.05) is 67.9 Å². The van der Waals surface area contributed by atoms with Crippen molar-refractivity contribution in [3.8, 4) is 22.3 Å². The van der Waals surface area contributed by atoms with E-state index in [9.17, 15) is 0 Å². The molecule has 0 aliphatic heterocycles. The zero-order chi connectivity index (χ0) is 15.1. The van der Waals surface area contributed by atoms with Crippen molar-refractivity contribution in [2.75, 3.05) is 0 Å². The maximum Gasteiger partial charge on any atom is 0 e. The largest absolute Gasteiger partial charge is 0.184 e. The summed E-state index contributed by atoms with van der Waals surface area (Å²) in [5, 5.41) is 0. The summed E-state index contributed by atoms with van der Waals surface area (Å²) < 4.78 is 0. The average Bonchev–Trinajstić information content (AvgIpc) is 2.58. The summed E-state index contributed by atoms with van der Waals surface area (Å²) in [4.78, 5) is 0. The van der Waals surface area contributed by atoms with Gasteiger partial charge in [-0.25, -0.2) is 0 Å². The molecule has 0 heterocycles. The second-order valence-electron chi connectivity index (χ2n) is 4.73. The van der Waals surface area contributed by atoms with Gasteiger partial charge in [0.25, 0.3) is 0 Å². The third-order valence-electron chi connectivity index (χ3n) is 3.32. The molecule has 0 atom stereocenters. The van der Waals surface area contributed by atoms with Gasteiger partial charge in [0.2, 0.25) is 0 Å². The van der Waals surface area contributed by atoms with Crippen LogP contribution in [0.15, 0.2) is 72.8 Å². The first kappa shape index (κ1) is 18.8. The van der Waals surface area contributed by atoms with E-state index < -0.39 is 0 Å². The van der Waals surface area contributed by atoms with Gasteiger partial charge in [0.1, 0.15) is 0 Å². The van der Waals surface area contributed by atoms with Crippen LogP contribution in [0.25, 0.3) is 22.3 Å². The van der Waals surface area contributed by atoms with Crippen molar-refractivity contribution >= 4 is 0 Å². The van der Waals surface area contributed by atoms with Gasteiger partial charge in [-0.05, 0) is 23.6 Å². The molecule has 22 heavy (non-hydrogen) atoms. The van der Waals surface area contributed by atoms with Crippen LogP contribution in [0.2, 0.25) is 0 Å². The summed E-state index contributed by atoms with van der Waals surface area (Å²) in [5.74, 6) is 0. The topological polar surface area (TPSA) is 0 Å². The SMILES string of the molecule is CC.Cc1ccc(-c2ccc(-c3cc[c-]cc3)cc2)cc1.[Y]. The maximum atomic E-state index is 3.05. The van der Waals surface area contributed by atoms with E-state index in [2.05, 4.69) is 73.7 Å². The van der Waals surface area contributed by atoms with Gasteiger partial charge < -0.3 is 0 Å². The predicted molar refractivity (Wildman–Crippen MR) is 92.2 cm³/mol. The van der Waals surface area contributed by atoms with Crippen LogP contribution in [0.4, 0.5) is 0 Å². The molecule has 0 fully saturated rings. The van der Waals surface area contributed by atoms with Gasteiger partial charge in [-0.2, -0.15) is 30.3 Å². The van der Waals surface area contributed by atoms with Crippen molar-refractivity contribution in [2.45, 2.75) is 20.8 Å². The molecular formula is C21H21Y-. The molecule has 0 saturated carbocycles. The summed E-state index contributed by atoms with van der Waals surface area (Å²) in [6.45, 7) is 6.11. The van der Waals surface area contributed by atoms with Gasteiger partial charge in [0, 0.05) is 32.7 Å². The van der Waals surface area contributed by atoms with Crippen LogP contribution in [-0.2, 0) is 32.7 Å². The molecule has 0 aliphatic carbocycles. The Morgan fingerprint density at radius 2 is 0.864 bits per heavy atom. The molecule has 0 spiro atoms. The van der Waals surface area contributed by atoms with Gasteiger partial charge >= 0.3 is 0 Å². The Kier molecular flexibility index (Phi) is 8.31. The summed E-state index contributed by atoms with van der Waals surface area (Å²) >= 11 is 0. The van der Waals surface area contributed by atoms with Crippen LogP contribution in [-0.4, -0.2) is 0 Å². The molecule has 109 valence electrons. The molecular weight excluding hydrogens is 341 g/mol. The predicted octanol–water partition coefficient (Wildman–Crippen LogP) is 6.15. The number of rotatable bonds is 2. The third kappa shape index (κ3) is 4.90. The fraction of sp³-hybridized carbons (Fsp3) is 0.143. The first-order valence-electron chi connectivity index (χ1n) is 7.46. The van der Waals surface area contributed by atoms with E-state index in [1.165, 1.54) is 27.8 Å². The first-order chi connectivity index (χ1) is 10.3. The zero-order valence-corrected chi connectivity index (χ0v) is 16.3. The van der Waals surface area contributed by atoms with Crippen molar-refractivity contribution in [2.24, 2.45) is 0 Å². The van der Waals surface area contributed by atoms with Crippen LogP contribution in [0, 0.1) is 13.0 Å². The molecule has 0 amide bonds. The van der Waals surface area contributed by atoms with Crippen molar-refractivity contribution < 1.29 is 32.7 Å². The first-order valence-corrected chi connectivity index (χ1v) is 7.46. The molecule has 1 heteroatoms. The number of aryl methyl sites for hydroxylation is 1. The Morgan fingerprint density at radius 3 is 1.27 bits per heavy atom. The van der Waals surface area contributed by atoms with Crippen LogP contribution < -0.4 is 0 Å². The molecule has 0 bridgehead atoms. The van der Waals surface area contributed by atoms with E-state index in [1.807, 2.05) is 26.0 Å². The Labute approximate surface area is 159 Å². The molecule has 0 aliphatic rings. The third-order valence-corrected chi connectivity index (χ3v) is 3.32. The maximum absolute atomic E-state index is 3.05. The smallest absolute Gasteiger partial charge is 0 e. The summed E-state index contributed by atoms with van der Waals surface area (Å²) in [6, 6.07) is 28.4. The Hall–Kier alpha value is -1.24. The van der Waals surface area contributed by atoms with Crippen LogP contribution in [0.3, 0.4) is 0 Å². The molecule has 3 aromatic rings. The Bertz CT molecular complexity index is 653. The minimum absolute atomic E-state index is 0. The van der Waals surface area contributed by atoms with Crippen LogP contribution in [0.1, 0.15) is 19.4 Å². The number of benzene rings is 3. The summed E-state index contributed by atoms with van der Waals surface area (Å²) in [7, 11) is 0. The van der Waals surface area contributed by atoms with Crippen molar-refractivity contribution in [3.63, 3.8) is 0 Å². The molecule has 3 rings (SSSR count). The Balaban J connectivity index is 0.000000775. The number of hydrogen-bond acceptors (Lipinski definition) is 0. The van der Waals surface area contributed by atoms with Gasteiger partial charge in [0.15, 0.2) is 0 Å². The van der Waals surface area contributed by atoms with Crippen molar-refractivity contribution in [1.29, 1.82) is 0 Å². The van der Waals surface area contributed by atoms with E-state index in [0.717, 1.165) is 0 Å². The molecule has 0 nitrogen and oxygen atoms in total. The van der Waals surface area contributed by atoms with Gasteiger partial charge in [-0.15, -0.1) is 5.56 Å². The standard InChI is InChI=1S/C19H15.C2H6.Y/c1-15-7-9-17(10-8-15)19-13-11-18(12-14-19)16-5-3-2-4-6-16;1-2;/h3-14H,1H3;1-2H3;/q-1;;. The van der Waals surface area contributed by atoms with E-state index >= 15 is 0 Å². The molecule has 3 aromatic carbocycles. The fourth-order valence-electron chi connectivity index (χ4n) is 2.18. The molecule has 0 saturated heterocycles. The molecule has 0 aromatic heterocycles. The van der Waals surface area contributed by atoms with Gasteiger partial charge in [0.05, 0.1) is 0 Å². The second kappa shape index (κ2) is 9.71. The van der Waals surface area contributed by atoms with Crippen LogP contribution in [0.5, 0.6) is 0 Å². The number of hydrogen-bond donors (Lipinski definition) is 0. The zero-order valence-electron chi connectivity index (χ0n) is 13.5. The van der Waals surface area contributed by atoms with Crippen LogP contribution >= 0.6 is 0 Å². The minimum Gasteiger partial charge on any atom is -0.184 e. The Morgan fingerprint density at radius 1 is 0.545 bits per heavy atom. The molecule has 0 unspecified atom stereocenters. The normalized spacial score (nSPS) is 9.23. The van der Waals surface area contributed by atoms with E-state index in [1.54, 1.807) is 0 Å². The fourth-order valence-corrected chi connectivity index (χ4v) is 2.18. The van der Waals surface area contributed by atoms with Crippen molar-refractivity contribution in [3.05, 3.63) is 84.4 Å². The molecule has 1 radical (unpaired) electrons. The van der Waals surface area contributed by atoms with E-state index in [0.29, 0.717) is 0 Å². The molecule has 0 N–H and O–H groups in total. The average molecular weight is 362 g/mol. The van der Waals surface area contributed by atoms with Crippen molar-refractivity contribution in [1.82, 2.24) is 0 Å². The summed E-state index contributed by atoms with van der Waals surface area (Å²) in [5.41, 5.74) is 6.28. The van der Waals surface area contributed by atoms with E-state index in [4.69, 9.17) is 0 Å². The minimum atomic E-state index is 0. The van der Waals surface area contributed by atoms with E-state index in [-0.39, 0.29) is 32.7 Å². The quantitative estimate of drug-likeness (QED) is 0.480. The van der Waals surface area contributed by atoms with Gasteiger partial charge in [-0.3, -0.25) is 0 Å².